The Morgan fingerprint density at radius 2 is 1.92 bits per heavy atom. The maximum Gasteiger partial charge on any atom is 0.110 e. The summed E-state index contributed by atoms with van der Waals surface area (Å²) >= 11 is 7.87. The molecule has 25 heavy (non-hydrogen) atoms. The lowest BCUT2D eigenvalue weighted by Gasteiger charge is -2.23. The van der Waals surface area contributed by atoms with Gasteiger partial charge in [0.1, 0.15) is 5.82 Å². The Balaban J connectivity index is 1.75. The van der Waals surface area contributed by atoms with Crippen LogP contribution in [-0.2, 0) is 5.75 Å². The van der Waals surface area contributed by atoms with Gasteiger partial charge in [0.05, 0.1) is 5.69 Å². The van der Waals surface area contributed by atoms with Crippen molar-refractivity contribution in [1.29, 1.82) is 0 Å². The second-order valence-electron chi connectivity index (χ2n) is 6.70. The van der Waals surface area contributed by atoms with Crippen molar-refractivity contribution in [3.63, 3.8) is 0 Å². The topological polar surface area (TPSA) is 43.8 Å². The predicted octanol–water partition coefficient (Wildman–Crippen LogP) is 5.76. The molecular weight excluding hydrogens is 350 g/mol. The van der Waals surface area contributed by atoms with Gasteiger partial charge in [0.2, 0.25) is 0 Å². The number of nitrogens with zero attached hydrogens (tertiary/aromatic N) is 2. The molecule has 0 atom stereocenters. The Morgan fingerprint density at radius 1 is 1.24 bits per heavy atom. The van der Waals surface area contributed by atoms with E-state index >= 15 is 0 Å². The van der Waals surface area contributed by atoms with Crippen LogP contribution >= 0.6 is 23.4 Å². The van der Waals surface area contributed by atoms with E-state index in [-0.39, 0.29) is 0 Å². The molecular formula is C20H26ClN3S. The standard InChI is InChI=1S/C20H26ClN3S/c1-14-19(13-25-20(12-22)16-6-4-3-5-7-16)23-15(2)24(14)18-10-8-17(21)9-11-18/h8-12,16H,3-7,13,22H2,1-2H3/b20-12-. The highest BCUT2D eigenvalue weighted by atomic mass is 35.5. The van der Waals surface area contributed by atoms with E-state index in [4.69, 9.17) is 22.3 Å². The van der Waals surface area contributed by atoms with E-state index in [0.717, 1.165) is 28.0 Å². The molecule has 1 saturated carbocycles. The fourth-order valence-electron chi connectivity index (χ4n) is 3.65. The van der Waals surface area contributed by atoms with E-state index in [1.54, 1.807) is 0 Å². The molecule has 1 aliphatic rings. The van der Waals surface area contributed by atoms with Crippen LogP contribution in [0.15, 0.2) is 35.4 Å². The van der Waals surface area contributed by atoms with Crippen LogP contribution in [0.25, 0.3) is 5.69 Å². The molecule has 0 bridgehead atoms. The Kier molecular flexibility index (Phi) is 6.13. The number of aryl methyl sites for hydroxylation is 1. The number of allylic oxidation sites excluding steroid dienone is 1. The molecule has 0 unspecified atom stereocenters. The molecule has 134 valence electrons. The first-order valence-electron chi connectivity index (χ1n) is 8.95. The maximum atomic E-state index is 6.01. The van der Waals surface area contributed by atoms with Crippen LogP contribution in [0.1, 0.15) is 49.3 Å². The first kappa shape index (κ1) is 18.4. The molecule has 3 rings (SSSR count). The molecule has 1 fully saturated rings. The average molecular weight is 376 g/mol. The highest BCUT2D eigenvalue weighted by molar-refractivity contribution is 8.02. The van der Waals surface area contributed by atoms with Crippen molar-refractivity contribution >= 4 is 23.4 Å². The summed E-state index contributed by atoms with van der Waals surface area (Å²) in [7, 11) is 0. The highest BCUT2D eigenvalue weighted by Gasteiger charge is 2.19. The summed E-state index contributed by atoms with van der Waals surface area (Å²) < 4.78 is 2.19. The normalized spacial score (nSPS) is 16.4. The quantitative estimate of drug-likeness (QED) is 0.722. The van der Waals surface area contributed by atoms with E-state index in [9.17, 15) is 0 Å². The van der Waals surface area contributed by atoms with Crippen LogP contribution in [0.3, 0.4) is 0 Å². The van der Waals surface area contributed by atoms with E-state index in [1.807, 2.05) is 42.2 Å². The number of nitrogens with two attached hydrogens (primary N) is 1. The largest absolute Gasteiger partial charge is 0.404 e. The fraction of sp³-hybridized carbons (Fsp3) is 0.450. The summed E-state index contributed by atoms with van der Waals surface area (Å²) in [6.45, 7) is 4.19. The van der Waals surface area contributed by atoms with Gasteiger partial charge < -0.3 is 10.3 Å². The molecule has 2 N–H and O–H groups in total. The van der Waals surface area contributed by atoms with Gasteiger partial charge >= 0.3 is 0 Å². The van der Waals surface area contributed by atoms with Crippen molar-refractivity contribution in [3.8, 4) is 5.69 Å². The molecule has 0 radical (unpaired) electrons. The highest BCUT2D eigenvalue weighted by Crippen LogP contribution is 2.37. The number of halogens is 1. The van der Waals surface area contributed by atoms with Gasteiger partial charge in [-0.1, -0.05) is 30.9 Å². The van der Waals surface area contributed by atoms with Crippen molar-refractivity contribution in [2.45, 2.75) is 51.7 Å². The number of thioether (sulfide) groups is 1. The van der Waals surface area contributed by atoms with E-state index in [1.165, 1.54) is 42.7 Å². The molecule has 0 saturated heterocycles. The minimum Gasteiger partial charge on any atom is -0.404 e. The molecule has 1 heterocycles. The third-order valence-corrected chi connectivity index (χ3v) is 6.48. The van der Waals surface area contributed by atoms with Crippen LogP contribution in [-0.4, -0.2) is 9.55 Å². The number of hydrogen-bond acceptors (Lipinski definition) is 3. The minimum atomic E-state index is 0.642. The van der Waals surface area contributed by atoms with Gasteiger partial charge in [-0.25, -0.2) is 4.98 Å². The molecule has 1 aromatic heterocycles. The number of rotatable bonds is 5. The fourth-order valence-corrected chi connectivity index (χ4v) is 4.92. The van der Waals surface area contributed by atoms with Gasteiger partial charge in [-0.05, 0) is 56.9 Å². The number of benzene rings is 1. The summed E-state index contributed by atoms with van der Waals surface area (Å²) in [5, 5.41) is 0.750. The average Bonchev–Trinajstić information content (AvgIpc) is 2.91. The summed E-state index contributed by atoms with van der Waals surface area (Å²) in [5.74, 6) is 2.52. The molecule has 3 nitrogen and oxygen atoms in total. The van der Waals surface area contributed by atoms with E-state index in [2.05, 4.69) is 18.4 Å². The van der Waals surface area contributed by atoms with Gasteiger partial charge in [0.15, 0.2) is 0 Å². The lowest BCUT2D eigenvalue weighted by atomic mass is 9.89. The van der Waals surface area contributed by atoms with Crippen LogP contribution in [0.5, 0.6) is 0 Å². The molecule has 0 spiro atoms. The maximum absolute atomic E-state index is 6.01. The number of hydrogen-bond donors (Lipinski definition) is 1. The second kappa shape index (κ2) is 8.33. The zero-order valence-corrected chi connectivity index (χ0v) is 16.5. The van der Waals surface area contributed by atoms with Crippen molar-refractivity contribution < 1.29 is 0 Å². The predicted molar refractivity (Wildman–Crippen MR) is 108 cm³/mol. The monoisotopic (exact) mass is 375 g/mol. The molecule has 0 amide bonds. The van der Waals surface area contributed by atoms with Crippen LogP contribution in [0.2, 0.25) is 5.02 Å². The van der Waals surface area contributed by atoms with Crippen molar-refractivity contribution in [2.24, 2.45) is 11.7 Å². The first-order chi connectivity index (χ1) is 12.1. The Bertz CT molecular complexity index is 743. The van der Waals surface area contributed by atoms with Gasteiger partial charge in [-0.2, -0.15) is 0 Å². The van der Waals surface area contributed by atoms with Gasteiger partial charge in [-0.3, -0.25) is 0 Å². The number of imidazole rings is 1. The lowest BCUT2D eigenvalue weighted by molar-refractivity contribution is 0.414. The van der Waals surface area contributed by atoms with Crippen LogP contribution in [0, 0.1) is 19.8 Å². The molecule has 1 aromatic carbocycles. The Labute approximate surface area is 159 Å². The third kappa shape index (κ3) is 4.24. The van der Waals surface area contributed by atoms with Crippen molar-refractivity contribution in [1.82, 2.24) is 9.55 Å². The minimum absolute atomic E-state index is 0.642. The summed E-state index contributed by atoms with van der Waals surface area (Å²) in [6.07, 6.45) is 8.38. The van der Waals surface area contributed by atoms with Crippen molar-refractivity contribution in [2.75, 3.05) is 0 Å². The zero-order valence-electron chi connectivity index (χ0n) is 15.0. The molecule has 2 aromatic rings. The Hall–Kier alpha value is -1.39. The zero-order chi connectivity index (χ0) is 17.8. The molecule has 1 aliphatic carbocycles. The van der Waals surface area contributed by atoms with Gasteiger partial charge in [-0.15, -0.1) is 11.8 Å². The van der Waals surface area contributed by atoms with Crippen molar-refractivity contribution in [3.05, 3.63) is 57.6 Å². The molecule has 0 aliphatic heterocycles. The smallest absolute Gasteiger partial charge is 0.110 e. The number of aromatic nitrogens is 2. The first-order valence-corrected chi connectivity index (χ1v) is 10.3. The third-order valence-electron chi connectivity index (χ3n) is 5.01. The summed E-state index contributed by atoms with van der Waals surface area (Å²) in [4.78, 5) is 6.13. The summed E-state index contributed by atoms with van der Waals surface area (Å²) in [6, 6.07) is 7.91. The molecule has 5 heteroatoms. The van der Waals surface area contributed by atoms with Crippen LogP contribution in [0.4, 0.5) is 0 Å². The van der Waals surface area contributed by atoms with E-state index < -0.39 is 0 Å². The lowest BCUT2D eigenvalue weighted by Crippen LogP contribution is -2.09. The second-order valence-corrected chi connectivity index (χ2v) is 8.18. The van der Waals surface area contributed by atoms with Gasteiger partial charge in [0.25, 0.3) is 0 Å². The van der Waals surface area contributed by atoms with E-state index in [0.29, 0.717) is 5.92 Å². The van der Waals surface area contributed by atoms with Gasteiger partial charge in [0, 0.05) is 33.3 Å². The van der Waals surface area contributed by atoms with Crippen LogP contribution < -0.4 is 5.73 Å². The summed E-state index contributed by atoms with van der Waals surface area (Å²) in [5.41, 5.74) is 9.35. The SMILES string of the molecule is Cc1nc(CS/C(=C\N)C2CCCCC2)c(C)n1-c1ccc(Cl)cc1. The Morgan fingerprint density at radius 3 is 2.56 bits per heavy atom.